The van der Waals surface area contributed by atoms with Crippen LogP contribution < -0.4 is 19.9 Å². The molecule has 0 radical (unpaired) electrons. The maximum Gasteiger partial charge on any atom is 0.379 e. The lowest BCUT2D eigenvalue weighted by molar-refractivity contribution is 0.0702. The fourth-order valence-electron chi connectivity index (χ4n) is 4.63. The number of nitrogens with two attached hydrogens (primary N) is 1. The molecule has 2 heterocycles. The summed E-state index contributed by atoms with van der Waals surface area (Å²) >= 11 is 0. The number of allylic oxidation sites excluding steroid dienone is 1. The van der Waals surface area contributed by atoms with Crippen LogP contribution in [0.5, 0.6) is 17.2 Å². The van der Waals surface area contributed by atoms with Crippen molar-refractivity contribution >= 4 is 16.9 Å². The van der Waals surface area contributed by atoms with Crippen molar-refractivity contribution in [3.63, 3.8) is 0 Å². The molecule has 2 N–H and O–H groups in total. The molecule has 7 heteroatoms. The Hall–Kier alpha value is -4.70. The van der Waals surface area contributed by atoms with E-state index >= 15 is 0 Å². The Labute approximate surface area is 214 Å². The van der Waals surface area contributed by atoms with E-state index in [1.165, 1.54) is 0 Å². The van der Waals surface area contributed by atoms with Gasteiger partial charge >= 0.3 is 5.97 Å². The first-order chi connectivity index (χ1) is 17.8. The third-order valence-corrected chi connectivity index (χ3v) is 6.74. The van der Waals surface area contributed by atoms with Crippen LogP contribution in [-0.2, 0) is 0 Å². The van der Waals surface area contributed by atoms with Gasteiger partial charge in [-0.2, -0.15) is 5.26 Å². The van der Waals surface area contributed by atoms with Crippen LogP contribution in [0, 0.1) is 32.1 Å². The zero-order chi connectivity index (χ0) is 26.3. The Morgan fingerprint density at radius 2 is 1.76 bits per heavy atom. The number of hydrogen-bond acceptors (Lipinski definition) is 7. The van der Waals surface area contributed by atoms with E-state index in [4.69, 9.17) is 24.4 Å². The highest BCUT2D eigenvalue weighted by Gasteiger charge is 2.31. The van der Waals surface area contributed by atoms with Crippen molar-refractivity contribution in [2.45, 2.75) is 33.6 Å². The highest BCUT2D eigenvalue weighted by molar-refractivity contribution is 5.97. The van der Waals surface area contributed by atoms with E-state index in [1.54, 1.807) is 18.2 Å². The number of esters is 1. The molecule has 1 aromatic heterocycles. The van der Waals surface area contributed by atoms with Crippen molar-refractivity contribution in [2.24, 2.45) is 5.73 Å². The second-order valence-corrected chi connectivity index (χ2v) is 8.96. The maximum absolute atomic E-state index is 13.1. The van der Waals surface area contributed by atoms with Crippen LogP contribution in [0.3, 0.4) is 0 Å². The van der Waals surface area contributed by atoms with E-state index in [0.717, 1.165) is 39.0 Å². The van der Waals surface area contributed by atoms with Crippen molar-refractivity contribution < 1.29 is 23.4 Å². The summed E-state index contributed by atoms with van der Waals surface area (Å²) in [5, 5.41) is 10.7. The summed E-state index contributed by atoms with van der Waals surface area (Å²) in [4.78, 5) is 13.1. The third-order valence-electron chi connectivity index (χ3n) is 6.74. The van der Waals surface area contributed by atoms with Gasteiger partial charge < -0.3 is 24.4 Å². The van der Waals surface area contributed by atoms with E-state index in [2.05, 4.69) is 6.07 Å². The van der Waals surface area contributed by atoms with Crippen molar-refractivity contribution in [1.82, 2.24) is 0 Å². The fraction of sp³-hybridized carbons (Fsp3) is 0.200. The second-order valence-electron chi connectivity index (χ2n) is 8.96. The van der Waals surface area contributed by atoms with Gasteiger partial charge in [0, 0.05) is 22.6 Å². The first-order valence-corrected chi connectivity index (χ1v) is 12.0. The molecule has 0 spiro atoms. The van der Waals surface area contributed by atoms with E-state index in [9.17, 15) is 10.1 Å². The van der Waals surface area contributed by atoms with Crippen molar-refractivity contribution in [1.29, 1.82) is 5.26 Å². The molecule has 0 bridgehead atoms. The SMILES string of the molecule is CCOc1ccc(C2C(C#N)=C(N)Oc3cc(OC(=O)c4oc5c(C)c(C)ccc5c4C)ccc32)cc1. The number of nitriles is 1. The first kappa shape index (κ1) is 24.0. The molecule has 0 saturated heterocycles. The van der Waals surface area contributed by atoms with Crippen LogP contribution in [-0.4, -0.2) is 12.6 Å². The van der Waals surface area contributed by atoms with Gasteiger partial charge in [0.05, 0.1) is 12.5 Å². The normalized spacial score (nSPS) is 14.6. The molecule has 0 amide bonds. The fourth-order valence-corrected chi connectivity index (χ4v) is 4.63. The van der Waals surface area contributed by atoms with Crippen LogP contribution in [0.2, 0.25) is 0 Å². The second kappa shape index (κ2) is 9.40. The molecule has 37 heavy (non-hydrogen) atoms. The molecule has 0 aliphatic carbocycles. The number of carbonyl (C=O) groups excluding carboxylic acids is 1. The molecular weight excluding hydrogens is 468 g/mol. The van der Waals surface area contributed by atoms with Gasteiger partial charge in [-0.25, -0.2) is 4.79 Å². The molecule has 3 aromatic carbocycles. The molecule has 4 aromatic rings. The first-order valence-electron chi connectivity index (χ1n) is 12.0. The van der Waals surface area contributed by atoms with Gasteiger partial charge in [-0.05, 0) is 62.6 Å². The lowest BCUT2D eigenvalue weighted by Crippen LogP contribution is -2.21. The number of carbonyl (C=O) groups is 1. The lowest BCUT2D eigenvalue weighted by Gasteiger charge is -2.26. The molecule has 1 aliphatic heterocycles. The summed E-state index contributed by atoms with van der Waals surface area (Å²) in [6, 6.07) is 18.7. The number of ether oxygens (including phenoxy) is 3. The highest BCUT2D eigenvalue weighted by Crippen LogP contribution is 2.44. The number of nitrogens with zero attached hydrogens (tertiary/aromatic N) is 1. The zero-order valence-corrected chi connectivity index (χ0v) is 21.0. The van der Waals surface area contributed by atoms with Gasteiger partial charge in [0.25, 0.3) is 0 Å². The average molecular weight is 495 g/mol. The van der Waals surface area contributed by atoms with Crippen LogP contribution in [0.1, 0.15) is 51.2 Å². The summed E-state index contributed by atoms with van der Waals surface area (Å²) in [5.41, 5.74) is 11.5. The molecular formula is C30H26N2O5. The van der Waals surface area contributed by atoms with Gasteiger partial charge in [-0.1, -0.05) is 30.3 Å². The molecule has 0 fully saturated rings. The summed E-state index contributed by atoms with van der Waals surface area (Å²) < 4.78 is 22.9. The predicted molar refractivity (Wildman–Crippen MR) is 139 cm³/mol. The topological polar surface area (TPSA) is 108 Å². The summed E-state index contributed by atoms with van der Waals surface area (Å²) in [5.74, 6) is 0.548. The third kappa shape index (κ3) is 4.17. The Balaban J connectivity index is 1.47. The summed E-state index contributed by atoms with van der Waals surface area (Å²) in [6.07, 6.45) is 0. The number of hydrogen-bond donors (Lipinski definition) is 1. The predicted octanol–water partition coefficient (Wildman–Crippen LogP) is 6.19. The van der Waals surface area contributed by atoms with Gasteiger partial charge in [-0.3, -0.25) is 0 Å². The van der Waals surface area contributed by atoms with E-state index in [1.807, 2.05) is 64.1 Å². The molecule has 5 rings (SSSR count). The Kier molecular flexibility index (Phi) is 6.10. The van der Waals surface area contributed by atoms with Crippen LogP contribution >= 0.6 is 0 Å². The summed E-state index contributed by atoms with van der Waals surface area (Å²) in [7, 11) is 0. The average Bonchev–Trinajstić information content (AvgIpc) is 3.23. The minimum atomic E-state index is -0.606. The number of fused-ring (bicyclic) bond motifs is 2. The lowest BCUT2D eigenvalue weighted by atomic mass is 9.83. The van der Waals surface area contributed by atoms with Crippen LogP contribution in [0.25, 0.3) is 11.0 Å². The van der Waals surface area contributed by atoms with E-state index in [0.29, 0.717) is 23.5 Å². The minimum Gasteiger partial charge on any atom is -0.494 e. The quantitative estimate of drug-likeness (QED) is 0.260. The number of aryl methyl sites for hydroxylation is 3. The van der Waals surface area contributed by atoms with Gasteiger partial charge in [0.1, 0.15) is 34.5 Å². The van der Waals surface area contributed by atoms with E-state index < -0.39 is 11.9 Å². The molecule has 1 unspecified atom stereocenters. The zero-order valence-electron chi connectivity index (χ0n) is 21.0. The van der Waals surface area contributed by atoms with Gasteiger partial charge in [0.15, 0.2) is 0 Å². The van der Waals surface area contributed by atoms with Crippen molar-refractivity contribution in [2.75, 3.05) is 6.61 Å². The number of furan rings is 1. The standard InChI is InChI=1S/C30H26N2O5/c1-5-34-20-9-7-19(8-10-20)26-23-13-11-21(14-25(23)36-29(32)24(26)15-31)35-30(33)28-18(4)22-12-6-16(2)17(3)27(22)37-28/h6-14,26H,5,32H2,1-4H3. The molecule has 7 nitrogen and oxygen atoms in total. The highest BCUT2D eigenvalue weighted by atomic mass is 16.5. The molecule has 186 valence electrons. The maximum atomic E-state index is 13.1. The largest absolute Gasteiger partial charge is 0.494 e. The Morgan fingerprint density at radius 3 is 2.46 bits per heavy atom. The van der Waals surface area contributed by atoms with Gasteiger partial charge in [-0.15, -0.1) is 0 Å². The molecule has 1 aliphatic rings. The molecule has 0 saturated carbocycles. The molecule has 1 atom stereocenters. The monoisotopic (exact) mass is 494 g/mol. The minimum absolute atomic E-state index is 0.0105. The van der Waals surface area contributed by atoms with Crippen LogP contribution in [0.15, 0.2) is 70.5 Å². The number of rotatable bonds is 5. The smallest absolute Gasteiger partial charge is 0.379 e. The van der Waals surface area contributed by atoms with Crippen LogP contribution in [0.4, 0.5) is 0 Å². The van der Waals surface area contributed by atoms with Crippen molar-refractivity contribution in [3.8, 4) is 23.3 Å². The summed E-state index contributed by atoms with van der Waals surface area (Å²) in [6.45, 7) is 8.27. The number of benzene rings is 3. The van der Waals surface area contributed by atoms with E-state index in [-0.39, 0.29) is 17.4 Å². The Morgan fingerprint density at radius 1 is 1.03 bits per heavy atom. The Bertz CT molecular complexity index is 1610. The van der Waals surface area contributed by atoms with Crippen molar-refractivity contribution in [3.05, 3.63) is 99.6 Å². The van der Waals surface area contributed by atoms with Gasteiger partial charge in [0.2, 0.25) is 11.6 Å².